The van der Waals surface area contributed by atoms with E-state index in [9.17, 15) is 9.59 Å². The lowest BCUT2D eigenvalue weighted by Gasteiger charge is -2.04. The van der Waals surface area contributed by atoms with Crippen LogP contribution < -0.4 is 10.6 Å². The predicted octanol–water partition coefficient (Wildman–Crippen LogP) is -2.93. The molecule has 64 valence electrons. The monoisotopic (exact) mass is 164 g/mol. The van der Waals surface area contributed by atoms with Crippen molar-refractivity contribution in [3.63, 3.8) is 0 Å². The Morgan fingerprint density at radius 1 is 1.36 bits per heavy atom. The van der Waals surface area contributed by atoms with Gasteiger partial charge < -0.3 is 20.6 Å². The molecule has 0 aliphatic rings. The highest BCUT2D eigenvalue weighted by molar-refractivity contribution is 5.95. The number of rotatable bonds is 2. The summed E-state index contributed by atoms with van der Waals surface area (Å²) in [6.45, 7) is -0.638. The maximum Gasteiger partial charge on any atom is 0.323 e. The third-order valence-corrected chi connectivity index (χ3v) is 0.711. The van der Waals surface area contributed by atoms with Crippen LogP contribution in [0, 0.1) is 0 Å². The largest absolute Gasteiger partial charge is 0.376 e. The molecule has 0 aromatic rings. The smallest absolute Gasteiger partial charge is 0.323 e. The highest BCUT2D eigenvalue weighted by Crippen LogP contribution is 1.73. The highest BCUT2D eigenvalue weighted by atomic mass is 16.5. The molecule has 11 heavy (non-hydrogen) atoms. The molecule has 5 N–H and O–H groups in total. The topological polar surface area (TPSA) is 119 Å². The molecule has 0 aliphatic heterocycles. The van der Waals surface area contributed by atoms with E-state index >= 15 is 0 Å². The van der Waals surface area contributed by atoms with Gasteiger partial charge in [0.25, 0.3) is 5.91 Å². The maximum atomic E-state index is 10.3. The molecule has 3 amide bonds. The summed E-state index contributed by atoms with van der Waals surface area (Å²) < 4.78 is 0. The van der Waals surface area contributed by atoms with E-state index in [0.717, 1.165) is 0 Å². The Balaban J connectivity index is 3.67. The summed E-state index contributed by atoms with van der Waals surface area (Å²) in [7, 11) is 0. The molecule has 7 nitrogen and oxygen atoms in total. The quantitative estimate of drug-likeness (QED) is 0.280. The molecule has 0 aromatic carbocycles. The van der Waals surface area contributed by atoms with Crippen LogP contribution in [0.15, 0.2) is 0 Å². The summed E-state index contributed by atoms with van der Waals surface area (Å²) in [5, 5.41) is 27.7. The minimum absolute atomic E-state index is 0.638. The van der Waals surface area contributed by atoms with Crippen LogP contribution >= 0.6 is 0 Å². The minimum Gasteiger partial charge on any atom is -0.376 e. The first-order chi connectivity index (χ1) is 5.07. The number of hydrogen-bond acceptors (Lipinski definition) is 5. The molecular weight excluding hydrogens is 156 g/mol. The molecular formula is C4H8N2O5. The molecule has 0 bridgehead atoms. The molecule has 0 saturated heterocycles. The number of aliphatic hydroxyl groups is 3. The van der Waals surface area contributed by atoms with E-state index in [0.29, 0.717) is 0 Å². The van der Waals surface area contributed by atoms with Gasteiger partial charge in [0.15, 0.2) is 0 Å². The van der Waals surface area contributed by atoms with Gasteiger partial charge in [0, 0.05) is 0 Å². The van der Waals surface area contributed by atoms with Crippen molar-refractivity contribution in [1.82, 2.24) is 10.6 Å². The molecule has 0 aromatic heterocycles. The normalized spacial score (nSPS) is 9.45. The van der Waals surface area contributed by atoms with Gasteiger partial charge >= 0.3 is 6.03 Å². The summed E-state index contributed by atoms with van der Waals surface area (Å²) in [5.74, 6) is -1.25. The lowest BCUT2D eigenvalue weighted by atomic mass is 10.6. The van der Waals surface area contributed by atoms with E-state index in [-0.39, 0.29) is 0 Å². The van der Waals surface area contributed by atoms with Crippen LogP contribution in [0.25, 0.3) is 0 Å². The van der Waals surface area contributed by atoms with Gasteiger partial charge in [0.2, 0.25) is 6.29 Å². The molecule has 0 spiro atoms. The average molecular weight is 164 g/mol. The fourth-order valence-electron chi connectivity index (χ4n) is 0.292. The van der Waals surface area contributed by atoms with Crippen LogP contribution in [0.5, 0.6) is 0 Å². The van der Waals surface area contributed by atoms with Crippen molar-refractivity contribution in [3.8, 4) is 0 Å². The van der Waals surface area contributed by atoms with Gasteiger partial charge in [-0.1, -0.05) is 0 Å². The lowest BCUT2D eigenvalue weighted by molar-refractivity contribution is -0.146. The van der Waals surface area contributed by atoms with E-state index in [1.807, 2.05) is 0 Å². The van der Waals surface area contributed by atoms with Gasteiger partial charge in [0.05, 0.1) is 0 Å². The Hall–Kier alpha value is -1.18. The van der Waals surface area contributed by atoms with Crippen molar-refractivity contribution in [1.29, 1.82) is 0 Å². The third kappa shape index (κ3) is 4.25. The lowest BCUT2D eigenvalue weighted by Crippen LogP contribution is -2.44. The van der Waals surface area contributed by atoms with E-state index in [2.05, 4.69) is 0 Å². The second-order valence-electron chi connectivity index (χ2n) is 1.53. The molecule has 0 aliphatic carbocycles. The average Bonchev–Trinajstić information content (AvgIpc) is 1.87. The van der Waals surface area contributed by atoms with Crippen molar-refractivity contribution in [2.24, 2.45) is 0 Å². The van der Waals surface area contributed by atoms with Crippen molar-refractivity contribution >= 4 is 11.9 Å². The van der Waals surface area contributed by atoms with Gasteiger partial charge in [0.1, 0.15) is 6.73 Å². The Morgan fingerprint density at radius 2 is 1.91 bits per heavy atom. The molecule has 0 saturated carbocycles. The standard InChI is InChI=1S/C4H8N2O5/c7-1-5-4(11)6-2(8)3(9)10/h3,7,9-10H,1H2,(H2,5,6,8,11). The number of nitrogens with one attached hydrogen (secondary N) is 2. The van der Waals surface area contributed by atoms with Gasteiger partial charge in [-0.2, -0.15) is 0 Å². The van der Waals surface area contributed by atoms with Gasteiger partial charge in [-0.3, -0.25) is 10.1 Å². The number of amides is 3. The summed E-state index contributed by atoms with van der Waals surface area (Å²) in [4.78, 5) is 20.6. The fraction of sp³-hybridized carbons (Fsp3) is 0.500. The van der Waals surface area contributed by atoms with Crippen molar-refractivity contribution < 1.29 is 24.9 Å². The summed E-state index contributed by atoms with van der Waals surface area (Å²) in [6, 6.07) is -0.995. The molecule has 0 radical (unpaired) electrons. The van der Waals surface area contributed by atoms with Crippen LogP contribution in [0.3, 0.4) is 0 Å². The van der Waals surface area contributed by atoms with Gasteiger partial charge in [-0.05, 0) is 0 Å². The number of urea groups is 1. The molecule has 7 heteroatoms. The second kappa shape index (κ2) is 4.61. The zero-order chi connectivity index (χ0) is 8.85. The van der Waals surface area contributed by atoms with E-state index < -0.39 is 25.0 Å². The number of hydrogen-bond donors (Lipinski definition) is 5. The van der Waals surface area contributed by atoms with Crippen LogP contribution in [-0.4, -0.2) is 40.3 Å². The number of carbonyl (C=O) groups is 2. The fourth-order valence-corrected chi connectivity index (χ4v) is 0.292. The van der Waals surface area contributed by atoms with E-state index in [4.69, 9.17) is 15.3 Å². The van der Waals surface area contributed by atoms with Crippen molar-refractivity contribution in [2.75, 3.05) is 6.73 Å². The first kappa shape index (κ1) is 9.82. The molecule has 0 unspecified atom stereocenters. The number of imide groups is 1. The summed E-state index contributed by atoms with van der Waals surface area (Å²) in [6.07, 6.45) is -2.24. The van der Waals surface area contributed by atoms with Crippen LogP contribution in [0.2, 0.25) is 0 Å². The van der Waals surface area contributed by atoms with Crippen LogP contribution in [-0.2, 0) is 4.79 Å². The highest BCUT2D eigenvalue weighted by Gasteiger charge is 2.13. The summed E-state index contributed by atoms with van der Waals surface area (Å²) in [5.41, 5.74) is 0. The van der Waals surface area contributed by atoms with Crippen molar-refractivity contribution in [2.45, 2.75) is 6.29 Å². The number of aliphatic hydroxyl groups excluding tert-OH is 2. The first-order valence-corrected chi connectivity index (χ1v) is 2.63. The first-order valence-electron chi connectivity index (χ1n) is 2.63. The second-order valence-corrected chi connectivity index (χ2v) is 1.53. The minimum atomic E-state index is -2.24. The van der Waals surface area contributed by atoms with Gasteiger partial charge in [-0.25, -0.2) is 4.79 Å². The third-order valence-electron chi connectivity index (χ3n) is 0.711. The zero-order valence-corrected chi connectivity index (χ0v) is 5.44. The van der Waals surface area contributed by atoms with Crippen LogP contribution in [0.1, 0.15) is 0 Å². The number of carbonyl (C=O) groups excluding carboxylic acids is 2. The summed E-state index contributed by atoms with van der Waals surface area (Å²) >= 11 is 0. The Bertz CT molecular complexity index is 157. The van der Waals surface area contributed by atoms with Crippen LogP contribution in [0.4, 0.5) is 4.79 Å². The maximum absolute atomic E-state index is 10.3. The molecule has 0 atom stereocenters. The molecule has 0 heterocycles. The van der Waals surface area contributed by atoms with E-state index in [1.54, 1.807) is 5.32 Å². The Kier molecular flexibility index (Phi) is 4.11. The zero-order valence-electron chi connectivity index (χ0n) is 5.44. The molecule has 0 fully saturated rings. The Morgan fingerprint density at radius 3 is 2.27 bits per heavy atom. The predicted molar refractivity (Wildman–Crippen MR) is 32.0 cm³/mol. The van der Waals surface area contributed by atoms with E-state index in [1.165, 1.54) is 5.32 Å². The van der Waals surface area contributed by atoms with Crippen molar-refractivity contribution in [3.05, 3.63) is 0 Å². The molecule has 0 rings (SSSR count). The van der Waals surface area contributed by atoms with Gasteiger partial charge in [-0.15, -0.1) is 0 Å². The SMILES string of the molecule is O=C(NCO)NC(=O)C(O)O. The Labute approximate surface area is 61.6 Å².